The van der Waals surface area contributed by atoms with Crippen molar-refractivity contribution in [2.75, 3.05) is 19.0 Å². The fourth-order valence-electron chi connectivity index (χ4n) is 0.883. The molecule has 0 radical (unpaired) electrons. The van der Waals surface area contributed by atoms with Crippen molar-refractivity contribution in [3.8, 4) is 5.75 Å². The molecule has 0 atom stereocenters. The predicted molar refractivity (Wildman–Crippen MR) is 46.5 cm³/mol. The maximum absolute atomic E-state index is 10.1. The number of methoxy groups -OCH3 is 1. The Labute approximate surface area is 105 Å². The minimum absolute atomic E-state index is 0. The number of carbonyl (C=O) groups is 1. The Morgan fingerprint density at radius 3 is 2.43 bits per heavy atom. The van der Waals surface area contributed by atoms with Crippen LogP contribution in [0.5, 0.6) is 5.75 Å². The summed E-state index contributed by atoms with van der Waals surface area (Å²) in [4.78, 5) is 10.1. The Hall–Kier alpha value is -0.710. The summed E-state index contributed by atoms with van der Waals surface area (Å²) >= 11 is 0. The molecule has 0 aliphatic heterocycles. The van der Waals surface area contributed by atoms with Crippen LogP contribution in [-0.4, -0.2) is 19.6 Å². The molecule has 1 aromatic carbocycles. The molecule has 4 nitrogen and oxygen atoms in total. The standard InChI is InChI=1S/C9H11NO3.Na/c1-13-8-4-2-7(3-5-8)10-6-9(11)12;/h2-5,10H,6H2,1H3,(H,11,12);/q;+1/p-1. The van der Waals surface area contributed by atoms with Gasteiger partial charge in [0.25, 0.3) is 0 Å². The first-order valence-corrected chi connectivity index (χ1v) is 3.80. The number of carboxylic acids is 1. The van der Waals surface area contributed by atoms with Crippen molar-refractivity contribution in [1.29, 1.82) is 0 Å². The van der Waals surface area contributed by atoms with Crippen molar-refractivity contribution in [3.63, 3.8) is 0 Å². The smallest absolute Gasteiger partial charge is 0.548 e. The predicted octanol–water partition coefficient (Wildman–Crippen LogP) is -3.14. The molecule has 0 bridgehead atoms. The second kappa shape index (κ2) is 6.70. The number of benzene rings is 1. The van der Waals surface area contributed by atoms with Crippen LogP contribution < -0.4 is 44.7 Å². The van der Waals surface area contributed by atoms with Crippen molar-refractivity contribution >= 4 is 11.7 Å². The molecule has 14 heavy (non-hydrogen) atoms. The van der Waals surface area contributed by atoms with E-state index in [0.717, 1.165) is 11.4 Å². The van der Waals surface area contributed by atoms with Gasteiger partial charge in [-0.3, -0.25) is 0 Å². The molecule has 1 N–H and O–H groups in total. The summed E-state index contributed by atoms with van der Waals surface area (Å²) in [7, 11) is 1.57. The van der Waals surface area contributed by atoms with Crippen LogP contribution in [0, 0.1) is 0 Å². The van der Waals surface area contributed by atoms with Gasteiger partial charge >= 0.3 is 29.6 Å². The fraction of sp³-hybridized carbons (Fsp3) is 0.222. The molecule has 70 valence electrons. The Morgan fingerprint density at radius 1 is 1.43 bits per heavy atom. The summed E-state index contributed by atoms with van der Waals surface area (Å²) in [5, 5.41) is 12.8. The summed E-state index contributed by atoms with van der Waals surface area (Å²) in [6, 6.07) is 6.97. The zero-order valence-corrected chi connectivity index (χ0v) is 10.2. The molecule has 0 heterocycles. The Morgan fingerprint density at radius 2 is 2.00 bits per heavy atom. The van der Waals surface area contributed by atoms with Gasteiger partial charge in [0.15, 0.2) is 0 Å². The minimum atomic E-state index is -1.13. The van der Waals surface area contributed by atoms with Crippen LogP contribution in [0.3, 0.4) is 0 Å². The van der Waals surface area contributed by atoms with Crippen LogP contribution in [0.25, 0.3) is 0 Å². The van der Waals surface area contributed by atoms with Gasteiger partial charge in [-0.15, -0.1) is 0 Å². The molecule has 0 spiro atoms. The van der Waals surface area contributed by atoms with E-state index in [-0.39, 0.29) is 36.1 Å². The topological polar surface area (TPSA) is 61.4 Å². The molecule has 0 saturated heterocycles. The third-order valence-electron chi connectivity index (χ3n) is 1.53. The van der Waals surface area contributed by atoms with Gasteiger partial charge < -0.3 is 20.0 Å². The number of aliphatic carboxylic acids is 1. The molecule has 1 aromatic rings. The molecule has 5 heteroatoms. The van der Waals surface area contributed by atoms with E-state index in [2.05, 4.69) is 5.32 Å². The molecule has 0 fully saturated rings. The number of rotatable bonds is 4. The molecule has 0 aliphatic rings. The number of anilines is 1. The first kappa shape index (κ1) is 13.3. The van der Waals surface area contributed by atoms with Crippen LogP contribution in [0.1, 0.15) is 0 Å². The number of hydrogen-bond donors (Lipinski definition) is 1. The number of nitrogens with one attached hydrogen (secondary N) is 1. The van der Waals surface area contributed by atoms with Gasteiger partial charge in [0.1, 0.15) is 5.75 Å². The Balaban J connectivity index is 0.00000169. The van der Waals surface area contributed by atoms with Crippen molar-refractivity contribution in [1.82, 2.24) is 0 Å². The largest absolute Gasteiger partial charge is 1.00 e. The molecule has 0 saturated carbocycles. The summed E-state index contributed by atoms with van der Waals surface area (Å²) < 4.78 is 4.94. The van der Waals surface area contributed by atoms with E-state index >= 15 is 0 Å². The third-order valence-corrected chi connectivity index (χ3v) is 1.53. The van der Waals surface area contributed by atoms with Crippen LogP contribution in [-0.2, 0) is 4.79 Å². The van der Waals surface area contributed by atoms with Crippen LogP contribution in [0.15, 0.2) is 24.3 Å². The normalized spacial score (nSPS) is 8.64. The fourth-order valence-corrected chi connectivity index (χ4v) is 0.883. The second-order valence-electron chi connectivity index (χ2n) is 2.45. The molecule has 0 aromatic heterocycles. The zero-order valence-electron chi connectivity index (χ0n) is 8.24. The van der Waals surface area contributed by atoms with Gasteiger partial charge in [0.05, 0.1) is 19.6 Å². The summed E-state index contributed by atoms with van der Waals surface area (Å²) in [5.41, 5.74) is 0.727. The first-order valence-electron chi connectivity index (χ1n) is 3.80. The van der Waals surface area contributed by atoms with Crippen LogP contribution in [0.2, 0.25) is 0 Å². The van der Waals surface area contributed by atoms with Crippen molar-refractivity contribution in [2.24, 2.45) is 0 Å². The van der Waals surface area contributed by atoms with E-state index in [9.17, 15) is 9.90 Å². The van der Waals surface area contributed by atoms with Gasteiger partial charge in [0, 0.05) is 5.69 Å². The van der Waals surface area contributed by atoms with Crippen molar-refractivity contribution < 1.29 is 44.2 Å². The van der Waals surface area contributed by atoms with E-state index in [1.165, 1.54) is 0 Å². The minimum Gasteiger partial charge on any atom is -0.548 e. The molecule has 1 rings (SSSR count). The van der Waals surface area contributed by atoms with Gasteiger partial charge in [-0.2, -0.15) is 0 Å². The average Bonchev–Trinajstić information content (AvgIpc) is 2.15. The number of hydrogen-bond acceptors (Lipinski definition) is 4. The Kier molecular flexibility index (Phi) is 6.36. The van der Waals surface area contributed by atoms with E-state index in [0.29, 0.717) is 0 Å². The maximum Gasteiger partial charge on any atom is 1.00 e. The monoisotopic (exact) mass is 203 g/mol. The Bertz CT molecular complexity index is 287. The van der Waals surface area contributed by atoms with E-state index in [4.69, 9.17) is 4.74 Å². The van der Waals surface area contributed by atoms with Gasteiger partial charge in [-0.05, 0) is 24.3 Å². The maximum atomic E-state index is 10.1. The summed E-state index contributed by atoms with van der Waals surface area (Å²) in [6.07, 6.45) is 0. The quantitative estimate of drug-likeness (QED) is 0.525. The van der Waals surface area contributed by atoms with Gasteiger partial charge in [-0.25, -0.2) is 0 Å². The van der Waals surface area contributed by atoms with E-state index in [1.807, 2.05) is 0 Å². The molecular formula is C9H10NNaO3. The van der Waals surface area contributed by atoms with E-state index < -0.39 is 5.97 Å². The van der Waals surface area contributed by atoms with Crippen molar-refractivity contribution in [2.45, 2.75) is 0 Å². The molecule has 0 aliphatic carbocycles. The SMILES string of the molecule is COc1ccc(NCC(=O)[O-])cc1.[Na+]. The molecule has 0 unspecified atom stereocenters. The van der Waals surface area contributed by atoms with Crippen LogP contribution in [0.4, 0.5) is 5.69 Å². The zero-order chi connectivity index (χ0) is 9.68. The van der Waals surface area contributed by atoms with Crippen molar-refractivity contribution in [3.05, 3.63) is 24.3 Å². The third kappa shape index (κ3) is 4.50. The molecule has 0 amide bonds. The van der Waals surface area contributed by atoms with E-state index in [1.54, 1.807) is 31.4 Å². The second-order valence-corrected chi connectivity index (χ2v) is 2.45. The molecular weight excluding hydrogens is 193 g/mol. The number of carbonyl (C=O) groups excluding carboxylic acids is 1. The van der Waals surface area contributed by atoms with Gasteiger partial charge in [0.2, 0.25) is 0 Å². The number of carboxylic acid groups (broad SMARTS) is 1. The summed E-state index contributed by atoms with van der Waals surface area (Å²) in [6.45, 7) is -0.188. The summed E-state index contributed by atoms with van der Waals surface area (Å²) in [5.74, 6) is -0.394. The average molecular weight is 203 g/mol. The first-order chi connectivity index (χ1) is 6.22. The van der Waals surface area contributed by atoms with Crippen LogP contribution >= 0.6 is 0 Å². The number of ether oxygens (including phenoxy) is 1. The van der Waals surface area contributed by atoms with Gasteiger partial charge in [-0.1, -0.05) is 0 Å².